The summed E-state index contributed by atoms with van der Waals surface area (Å²) in [7, 11) is -3.76. The van der Waals surface area contributed by atoms with E-state index in [0.29, 0.717) is 23.0 Å². The summed E-state index contributed by atoms with van der Waals surface area (Å²) < 4.78 is 26.2. The number of nitrogens with one attached hydrogen (secondary N) is 1. The summed E-state index contributed by atoms with van der Waals surface area (Å²) in [4.78, 5) is 13.0. The molecule has 164 valence electrons. The monoisotopic (exact) mass is 470 g/mol. The maximum atomic E-state index is 13.0. The fraction of sp³-hybridized carbons (Fsp3) is 0.409. The third kappa shape index (κ3) is 6.13. The Morgan fingerprint density at radius 2 is 1.63 bits per heavy atom. The Balaban J connectivity index is 2.33. The van der Waals surface area contributed by atoms with E-state index in [4.69, 9.17) is 23.2 Å². The number of benzene rings is 2. The van der Waals surface area contributed by atoms with Gasteiger partial charge in [0.05, 0.1) is 11.9 Å². The second-order valence-corrected chi connectivity index (χ2v) is 9.87. The van der Waals surface area contributed by atoms with Crippen molar-refractivity contribution in [1.29, 1.82) is 0 Å². The normalized spacial score (nSPS) is 12.5. The molecule has 1 unspecified atom stereocenters. The van der Waals surface area contributed by atoms with Crippen LogP contribution >= 0.6 is 23.2 Å². The molecule has 0 fully saturated rings. The van der Waals surface area contributed by atoms with Crippen LogP contribution in [-0.2, 0) is 34.2 Å². The summed E-state index contributed by atoms with van der Waals surface area (Å²) in [5.41, 5.74) is 3.65. The van der Waals surface area contributed by atoms with Crippen LogP contribution in [0.15, 0.2) is 36.4 Å². The van der Waals surface area contributed by atoms with Gasteiger partial charge in [0.15, 0.2) is 0 Å². The predicted molar refractivity (Wildman–Crippen MR) is 125 cm³/mol. The zero-order chi connectivity index (χ0) is 22.5. The van der Waals surface area contributed by atoms with Crippen LogP contribution < -0.4 is 9.62 Å². The molecule has 0 bridgehead atoms. The summed E-state index contributed by atoms with van der Waals surface area (Å²) >= 11 is 12.1. The molecular formula is C22H28Cl2N2O3S. The number of halogens is 2. The first-order valence-electron chi connectivity index (χ1n) is 9.94. The first-order chi connectivity index (χ1) is 14.1. The lowest BCUT2D eigenvalue weighted by atomic mass is 10.0. The van der Waals surface area contributed by atoms with Crippen LogP contribution in [0.25, 0.3) is 0 Å². The van der Waals surface area contributed by atoms with Gasteiger partial charge in [-0.25, -0.2) is 8.42 Å². The third-order valence-electron chi connectivity index (χ3n) is 4.94. The van der Waals surface area contributed by atoms with E-state index in [0.717, 1.165) is 34.5 Å². The van der Waals surface area contributed by atoms with Crippen LogP contribution in [0.5, 0.6) is 0 Å². The largest absolute Gasteiger partial charge is 0.350 e. The Hall–Kier alpha value is -1.76. The van der Waals surface area contributed by atoms with Gasteiger partial charge in [0, 0.05) is 16.6 Å². The smallest absolute Gasteiger partial charge is 0.244 e. The molecule has 8 heteroatoms. The molecule has 0 spiro atoms. The van der Waals surface area contributed by atoms with Crippen molar-refractivity contribution in [3.63, 3.8) is 0 Å². The van der Waals surface area contributed by atoms with Gasteiger partial charge in [-0.05, 0) is 54.2 Å². The molecule has 0 heterocycles. The number of hydrogen-bond donors (Lipinski definition) is 1. The van der Waals surface area contributed by atoms with Crippen molar-refractivity contribution in [3.05, 3.63) is 63.1 Å². The van der Waals surface area contributed by atoms with Gasteiger partial charge in [-0.1, -0.05) is 62.2 Å². The Bertz CT molecular complexity index is 989. The number of carbonyl (C=O) groups excluding carboxylic acids is 1. The molecule has 0 radical (unpaired) electrons. The number of sulfonamides is 1. The predicted octanol–water partition coefficient (Wildman–Crippen LogP) is 4.98. The van der Waals surface area contributed by atoms with Crippen LogP contribution in [0.2, 0.25) is 10.0 Å². The summed E-state index contributed by atoms with van der Waals surface area (Å²) in [6.07, 6.45) is 3.11. The van der Waals surface area contributed by atoms with Gasteiger partial charge in [-0.15, -0.1) is 0 Å². The highest BCUT2D eigenvalue weighted by Crippen LogP contribution is 2.29. The molecule has 1 N–H and O–H groups in total. The van der Waals surface area contributed by atoms with E-state index in [-0.39, 0.29) is 11.6 Å². The van der Waals surface area contributed by atoms with Crippen molar-refractivity contribution in [1.82, 2.24) is 5.32 Å². The SMILES string of the molecule is CCc1ccc(CC)c(CNC(=O)C(CC)N(c2cc(Cl)cc(Cl)c2)S(C)(=O)=O)c1. The minimum absolute atomic E-state index is 0.263. The minimum atomic E-state index is -3.76. The van der Waals surface area contributed by atoms with Crippen molar-refractivity contribution in [3.8, 4) is 0 Å². The van der Waals surface area contributed by atoms with Crippen LogP contribution in [0, 0.1) is 0 Å². The van der Waals surface area contributed by atoms with Gasteiger partial charge in [-0.2, -0.15) is 0 Å². The van der Waals surface area contributed by atoms with Crippen molar-refractivity contribution in [2.75, 3.05) is 10.6 Å². The zero-order valence-electron chi connectivity index (χ0n) is 17.7. The molecule has 0 saturated heterocycles. The highest BCUT2D eigenvalue weighted by molar-refractivity contribution is 7.92. The summed E-state index contributed by atoms with van der Waals surface area (Å²) in [5, 5.41) is 3.51. The van der Waals surface area contributed by atoms with Crippen molar-refractivity contribution in [2.24, 2.45) is 0 Å². The summed E-state index contributed by atoms with van der Waals surface area (Å²) in [6.45, 7) is 6.25. The van der Waals surface area contributed by atoms with E-state index in [9.17, 15) is 13.2 Å². The Labute approximate surface area is 189 Å². The van der Waals surface area contributed by atoms with E-state index in [1.165, 1.54) is 23.8 Å². The first kappa shape index (κ1) is 24.5. The molecule has 2 aromatic rings. The Morgan fingerprint density at radius 1 is 1.00 bits per heavy atom. The molecule has 2 rings (SSSR count). The molecule has 0 aliphatic carbocycles. The van der Waals surface area contributed by atoms with Gasteiger partial charge in [0.1, 0.15) is 6.04 Å². The van der Waals surface area contributed by atoms with Gasteiger partial charge in [-0.3, -0.25) is 9.10 Å². The number of aryl methyl sites for hydroxylation is 2. The molecule has 0 aliphatic rings. The molecule has 5 nitrogen and oxygen atoms in total. The first-order valence-corrected chi connectivity index (χ1v) is 12.5. The van der Waals surface area contributed by atoms with Gasteiger partial charge >= 0.3 is 0 Å². The second kappa shape index (κ2) is 10.5. The van der Waals surface area contributed by atoms with Gasteiger partial charge in [0.2, 0.25) is 15.9 Å². The van der Waals surface area contributed by atoms with E-state index in [1.807, 2.05) is 0 Å². The van der Waals surface area contributed by atoms with Crippen molar-refractivity contribution in [2.45, 2.75) is 52.6 Å². The third-order valence-corrected chi connectivity index (χ3v) is 6.56. The fourth-order valence-electron chi connectivity index (χ4n) is 3.44. The number of carbonyl (C=O) groups is 1. The molecular weight excluding hydrogens is 443 g/mol. The average molecular weight is 471 g/mol. The van der Waals surface area contributed by atoms with E-state index in [2.05, 4.69) is 37.4 Å². The topological polar surface area (TPSA) is 66.5 Å². The fourth-order valence-corrected chi connectivity index (χ4v) is 5.15. The molecule has 1 atom stereocenters. The molecule has 1 amide bonds. The molecule has 2 aromatic carbocycles. The van der Waals surface area contributed by atoms with Crippen LogP contribution in [0.1, 0.15) is 43.9 Å². The molecule has 0 aromatic heterocycles. The number of rotatable bonds is 9. The van der Waals surface area contributed by atoms with E-state index in [1.54, 1.807) is 6.92 Å². The van der Waals surface area contributed by atoms with E-state index >= 15 is 0 Å². The number of amides is 1. The lowest BCUT2D eigenvalue weighted by Gasteiger charge is -2.30. The highest BCUT2D eigenvalue weighted by Gasteiger charge is 2.31. The number of nitrogens with zero attached hydrogens (tertiary/aromatic N) is 1. The summed E-state index contributed by atoms with van der Waals surface area (Å²) in [5.74, 6) is -0.372. The quantitative estimate of drug-likeness (QED) is 0.561. The number of hydrogen-bond acceptors (Lipinski definition) is 3. The highest BCUT2D eigenvalue weighted by atomic mass is 35.5. The van der Waals surface area contributed by atoms with Crippen LogP contribution in [0.3, 0.4) is 0 Å². The standard InChI is InChI=1S/C22H28Cl2N2O3S/c1-5-15-8-9-16(6-2)17(10-15)14-25-22(27)21(7-3)26(30(4,28)29)20-12-18(23)11-19(24)13-20/h8-13,21H,5-7,14H2,1-4H3,(H,25,27). The van der Waals surface area contributed by atoms with Crippen LogP contribution in [0.4, 0.5) is 5.69 Å². The molecule has 30 heavy (non-hydrogen) atoms. The Morgan fingerprint density at radius 3 is 2.13 bits per heavy atom. The molecule has 0 saturated carbocycles. The van der Waals surface area contributed by atoms with Crippen molar-refractivity contribution >= 4 is 44.8 Å². The van der Waals surface area contributed by atoms with Gasteiger partial charge in [0.25, 0.3) is 0 Å². The molecule has 0 aliphatic heterocycles. The average Bonchev–Trinajstić information content (AvgIpc) is 2.67. The van der Waals surface area contributed by atoms with Crippen molar-refractivity contribution < 1.29 is 13.2 Å². The van der Waals surface area contributed by atoms with Gasteiger partial charge < -0.3 is 5.32 Å². The lowest BCUT2D eigenvalue weighted by Crippen LogP contribution is -2.49. The maximum absolute atomic E-state index is 13.0. The second-order valence-electron chi connectivity index (χ2n) is 7.14. The maximum Gasteiger partial charge on any atom is 0.244 e. The van der Waals surface area contributed by atoms with E-state index < -0.39 is 16.1 Å². The lowest BCUT2D eigenvalue weighted by molar-refractivity contribution is -0.122. The minimum Gasteiger partial charge on any atom is -0.350 e. The number of anilines is 1. The van der Waals surface area contributed by atoms with Crippen LogP contribution in [-0.4, -0.2) is 26.6 Å². The zero-order valence-corrected chi connectivity index (χ0v) is 20.0. The Kier molecular flexibility index (Phi) is 8.59. The summed E-state index contributed by atoms with van der Waals surface area (Å²) in [6, 6.07) is 9.83.